The Kier molecular flexibility index (Phi) is 28.1. The van der Waals surface area contributed by atoms with E-state index >= 15 is 0 Å². The van der Waals surface area contributed by atoms with Crippen LogP contribution < -0.4 is 0 Å². The highest BCUT2D eigenvalue weighted by Gasteiger charge is 2.20. The van der Waals surface area contributed by atoms with Crippen LogP contribution in [0.15, 0.2) is 0 Å². The molecule has 218 valence electrons. The summed E-state index contributed by atoms with van der Waals surface area (Å²) < 4.78 is 22.5. The fourth-order valence-corrected chi connectivity index (χ4v) is 5.46. The van der Waals surface area contributed by atoms with Gasteiger partial charge >= 0.3 is 7.82 Å². The number of nitrogens with zero attached hydrogens (tertiary/aromatic N) is 1. The topological polar surface area (TPSA) is 59.0 Å². The first-order valence-corrected chi connectivity index (χ1v) is 17.4. The molecule has 0 aromatic rings. The van der Waals surface area contributed by atoms with Crippen LogP contribution in [0.4, 0.5) is 0 Å². The number of rotatable bonds is 30. The second kappa shape index (κ2) is 28.1. The molecule has 0 aliphatic carbocycles. The summed E-state index contributed by atoms with van der Waals surface area (Å²) in [6, 6.07) is 0. The zero-order valence-electron chi connectivity index (χ0n) is 24.7. The molecule has 0 rings (SSSR count). The molecule has 5 nitrogen and oxygen atoms in total. The van der Waals surface area contributed by atoms with Gasteiger partial charge in [0.05, 0.1) is 13.2 Å². The lowest BCUT2D eigenvalue weighted by molar-refractivity contribution is 0.139. The molecule has 0 bridgehead atoms. The van der Waals surface area contributed by atoms with Crippen molar-refractivity contribution in [2.75, 3.05) is 32.8 Å². The molecule has 0 aliphatic heterocycles. The first kappa shape index (κ1) is 36.1. The molecule has 0 aromatic heterocycles. The quantitative estimate of drug-likeness (QED) is 0.0735. The number of phosphoric acid groups is 1. The summed E-state index contributed by atoms with van der Waals surface area (Å²) in [5.41, 5.74) is 0. The maximum Gasteiger partial charge on any atom is 0.472 e. The zero-order chi connectivity index (χ0) is 26.6. The largest absolute Gasteiger partial charge is 0.472 e. The van der Waals surface area contributed by atoms with E-state index in [0.717, 1.165) is 45.3 Å². The van der Waals surface area contributed by atoms with Gasteiger partial charge in [0.2, 0.25) is 0 Å². The molecule has 1 unspecified atom stereocenters. The van der Waals surface area contributed by atoms with Gasteiger partial charge in [-0.3, -0.25) is 9.05 Å². The lowest BCUT2D eigenvalue weighted by Crippen LogP contribution is -2.28. The molecule has 6 heteroatoms. The van der Waals surface area contributed by atoms with Crippen LogP contribution in [-0.2, 0) is 13.6 Å². The van der Waals surface area contributed by atoms with Crippen molar-refractivity contribution in [2.24, 2.45) is 0 Å². The highest BCUT2D eigenvalue weighted by molar-refractivity contribution is 7.47. The summed E-state index contributed by atoms with van der Waals surface area (Å²) in [5, 5.41) is 0. The number of hydrogen-bond acceptors (Lipinski definition) is 4. The van der Waals surface area contributed by atoms with Gasteiger partial charge in [-0.1, -0.05) is 136 Å². The van der Waals surface area contributed by atoms with E-state index in [-0.39, 0.29) is 6.61 Å². The van der Waals surface area contributed by atoms with Crippen LogP contribution >= 0.6 is 7.82 Å². The van der Waals surface area contributed by atoms with Crippen LogP contribution in [0.2, 0.25) is 0 Å². The first-order valence-electron chi connectivity index (χ1n) is 15.9. The van der Waals surface area contributed by atoms with Crippen molar-refractivity contribution in [1.29, 1.82) is 0 Å². The van der Waals surface area contributed by atoms with Gasteiger partial charge in [-0.2, -0.15) is 0 Å². The van der Waals surface area contributed by atoms with Crippen LogP contribution in [0.5, 0.6) is 0 Å². The third-order valence-corrected chi connectivity index (χ3v) is 8.05. The van der Waals surface area contributed by atoms with Crippen LogP contribution in [0, 0.1) is 0 Å². The third-order valence-electron chi connectivity index (χ3n) is 7.03. The summed E-state index contributed by atoms with van der Waals surface area (Å²) in [6.45, 7) is 10.5. The van der Waals surface area contributed by atoms with Gasteiger partial charge < -0.3 is 9.79 Å². The number of hydrogen-bond donors (Lipinski definition) is 1. The molecule has 1 N–H and O–H groups in total. The van der Waals surface area contributed by atoms with Crippen molar-refractivity contribution in [3.05, 3.63) is 0 Å². The Morgan fingerprint density at radius 3 is 1.19 bits per heavy atom. The van der Waals surface area contributed by atoms with Gasteiger partial charge in [0.15, 0.2) is 0 Å². The number of unbranched alkanes of at least 4 members (excludes halogenated alkanes) is 18. The molecule has 0 radical (unpaired) electrons. The molecular weight excluding hydrogens is 469 g/mol. The molecule has 0 amide bonds. The molecular formula is C30H64NO4P. The standard InChI is InChI=1S/C30H64NO4P/c1-4-7-10-13-15-17-19-22-26-31(27-23-20-18-16-14-11-8-5-2)28-25-30-35-36(32,33)34-29-24-21-12-9-6-3/h4-30H2,1-3H3,(H,32,33). The maximum absolute atomic E-state index is 12.1. The molecule has 1 atom stereocenters. The van der Waals surface area contributed by atoms with Gasteiger partial charge in [0, 0.05) is 6.54 Å². The van der Waals surface area contributed by atoms with E-state index in [0.29, 0.717) is 6.61 Å². The van der Waals surface area contributed by atoms with E-state index in [1.54, 1.807) is 0 Å². The Balaban J connectivity index is 4.10. The average Bonchev–Trinajstić information content (AvgIpc) is 2.86. The summed E-state index contributed by atoms with van der Waals surface area (Å²) in [6.07, 6.45) is 27.7. The van der Waals surface area contributed by atoms with Crippen molar-refractivity contribution in [3.8, 4) is 0 Å². The maximum atomic E-state index is 12.1. The summed E-state index contributed by atoms with van der Waals surface area (Å²) >= 11 is 0. The highest BCUT2D eigenvalue weighted by Crippen LogP contribution is 2.43. The first-order chi connectivity index (χ1) is 17.6. The summed E-state index contributed by atoms with van der Waals surface area (Å²) in [4.78, 5) is 12.5. The van der Waals surface area contributed by atoms with Crippen molar-refractivity contribution < 1.29 is 18.5 Å². The minimum atomic E-state index is -3.91. The predicted octanol–water partition coefficient (Wildman–Crippen LogP) is 10.1. The minimum absolute atomic E-state index is 0.287. The van der Waals surface area contributed by atoms with Crippen molar-refractivity contribution >= 4 is 7.82 Å². The van der Waals surface area contributed by atoms with E-state index in [4.69, 9.17) is 9.05 Å². The zero-order valence-corrected chi connectivity index (χ0v) is 25.6. The normalized spacial score (nSPS) is 13.5. The molecule has 36 heavy (non-hydrogen) atoms. The Labute approximate surface area is 226 Å². The molecule has 0 saturated carbocycles. The second-order valence-corrected chi connectivity index (χ2v) is 12.1. The smallest absolute Gasteiger partial charge is 0.303 e. The van der Waals surface area contributed by atoms with E-state index in [1.165, 1.54) is 116 Å². The van der Waals surface area contributed by atoms with Gasteiger partial charge in [0.1, 0.15) is 0 Å². The fraction of sp³-hybridized carbons (Fsp3) is 1.00. The van der Waals surface area contributed by atoms with E-state index in [9.17, 15) is 9.46 Å². The van der Waals surface area contributed by atoms with E-state index in [2.05, 4.69) is 25.7 Å². The van der Waals surface area contributed by atoms with E-state index < -0.39 is 7.82 Å². The molecule has 0 spiro atoms. The van der Waals surface area contributed by atoms with Crippen molar-refractivity contribution in [2.45, 2.75) is 162 Å². The molecule has 0 fully saturated rings. The van der Waals surface area contributed by atoms with Crippen LogP contribution in [0.1, 0.15) is 162 Å². The van der Waals surface area contributed by atoms with E-state index in [1.807, 2.05) is 0 Å². The van der Waals surface area contributed by atoms with Gasteiger partial charge in [-0.05, 0) is 38.8 Å². The van der Waals surface area contributed by atoms with Crippen molar-refractivity contribution in [1.82, 2.24) is 4.90 Å². The minimum Gasteiger partial charge on any atom is -0.303 e. The second-order valence-electron chi connectivity index (χ2n) is 10.7. The Morgan fingerprint density at radius 1 is 0.472 bits per heavy atom. The Bertz CT molecular complexity index is 458. The van der Waals surface area contributed by atoms with Gasteiger partial charge in [-0.25, -0.2) is 4.57 Å². The van der Waals surface area contributed by atoms with Crippen LogP contribution in [0.3, 0.4) is 0 Å². The number of phosphoric ester groups is 1. The van der Waals surface area contributed by atoms with Gasteiger partial charge in [-0.15, -0.1) is 0 Å². The van der Waals surface area contributed by atoms with Gasteiger partial charge in [0.25, 0.3) is 0 Å². The SMILES string of the molecule is CCCCCCCCCCN(CCCCCCCCCC)CCCOP(=O)(O)OCCCCCCC. The lowest BCUT2D eigenvalue weighted by Gasteiger charge is -2.22. The summed E-state index contributed by atoms with van der Waals surface area (Å²) in [7, 11) is -3.91. The fourth-order valence-electron chi connectivity index (χ4n) is 4.66. The van der Waals surface area contributed by atoms with Crippen LogP contribution in [-0.4, -0.2) is 42.6 Å². The average molecular weight is 534 g/mol. The molecule has 0 aromatic carbocycles. The Hall–Kier alpha value is 0.0700. The monoisotopic (exact) mass is 533 g/mol. The third kappa shape index (κ3) is 27.1. The lowest BCUT2D eigenvalue weighted by atomic mass is 10.1. The molecule has 0 saturated heterocycles. The summed E-state index contributed by atoms with van der Waals surface area (Å²) in [5.74, 6) is 0. The molecule has 0 aliphatic rings. The predicted molar refractivity (Wildman–Crippen MR) is 157 cm³/mol. The van der Waals surface area contributed by atoms with Crippen molar-refractivity contribution in [3.63, 3.8) is 0 Å². The van der Waals surface area contributed by atoms with Crippen LogP contribution in [0.25, 0.3) is 0 Å². The molecule has 0 heterocycles. The Morgan fingerprint density at radius 2 is 0.778 bits per heavy atom. The highest BCUT2D eigenvalue weighted by atomic mass is 31.2.